The Morgan fingerprint density at radius 1 is 1.67 bits per heavy atom. The zero-order valence-corrected chi connectivity index (χ0v) is 12.0. The number of aromatic nitrogens is 1. The second kappa shape index (κ2) is 7.11. The van der Waals surface area contributed by atoms with Gasteiger partial charge in [-0.2, -0.15) is 0 Å². The van der Waals surface area contributed by atoms with Crippen LogP contribution in [0.5, 0.6) is 0 Å². The predicted octanol–water partition coefficient (Wildman–Crippen LogP) is 2.26. The van der Waals surface area contributed by atoms with Gasteiger partial charge >= 0.3 is 0 Å². The molecule has 0 atom stereocenters. The zero-order valence-electron chi connectivity index (χ0n) is 11.3. The van der Waals surface area contributed by atoms with Crippen molar-refractivity contribution in [3.05, 3.63) is 35.6 Å². The molecule has 0 aliphatic heterocycles. The van der Waals surface area contributed by atoms with Crippen molar-refractivity contribution in [1.29, 1.82) is 0 Å². The molecule has 5 heteroatoms. The molecule has 0 fully saturated rings. The molecule has 0 radical (unpaired) electrons. The van der Waals surface area contributed by atoms with Crippen LogP contribution in [-0.2, 0) is 13.6 Å². The van der Waals surface area contributed by atoms with Crippen LogP contribution in [0.2, 0.25) is 5.02 Å². The number of aliphatic imine (C=N–C) groups is 1. The number of nitrogens with zero attached hydrogens (tertiary/aromatic N) is 3. The Labute approximate surface area is 114 Å². The summed E-state index contributed by atoms with van der Waals surface area (Å²) in [5.41, 5.74) is 1.15. The van der Waals surface area contributed by atoms with Crippen LogP contribution < -0.4 is 5.32 Å². The van der Waals surface area contributed by atoms with E-state index in [1.54, 1.807) is 6.08 Å². The first-order chi connectivity index (χ1) is 8.58. The third-order valence-corrected chi connectivity index (χ3v) is 2.75. The van der Waals surface area contributed by atoms with Crippen LogP contribution in [0, 0.1) is 0 Å². The average molecular weight is 269 g/mol. The topological polar surface area (TPSA) is 32.6 Å². The first-order valence-electron chi connectivity index (χ1n) is 5.99. The third kappa shape index (κ3) is 4.11. The first kappa shape index (κ1) is 14.6. The minimum atomic E-state index is 0.612. The van der Waals surface area contributed by atoms with E-state index in [4.69, 9.17) is 11.6 Å². The molecule has 0 unspecified atom stereocenters. The minimum absolute atomic E-state index is 0.612. The highest BCUT2D eigenvalue weighted by atomic mass is 35.5. The molecule has 0 saturated carbocycles. The Morgan fingerprint density at radius 3 is 2.89 bits per heavy atom. The molecule has 0 aliphatic carbocycles. The number of nitrogens with one attached hydrogen (secondary N) is 1. The van der Waals surface area contributed by atoms with E-state index in [1.165, 1.54) is 0 Å². The van der Waals surface area contributed by atoms with Gasteiger partial charge in [-0.25, -0.2) is 4.99 Å². The van der Waals surface area contributed by atoms with Crippen molar-refractivity contribution < 1.29 is 0 Å². The predicted molar refractivity (Wildman–Crippen MR) is 78.1 cm³/mol. The van der Waals surface area contributed by atoms with E-state index in [0.29, 0.717) is 6.54 Å². The molecule has 4 nitrogen and oxygen atoms in total. The molecule has 0 saturated heterocycles. The molecule has 1 rings (SSSR count). The lowest BCUT2D eigenvalue weighted by molar-refractivity contribution is 0.463. The minimum Gasteiger partial charge on any atom is -0.357 e. The standard InChI is InChI=1S/C13H21ClN4/c1-5-7-16-13(15-6-2)18(4)10-12-8-11(14)9-17(12)3/h5,8-9H,1,6-7,10H2,2-4H3,(H,15,16). The van der Waals surface area contributed by atoms with E-state index in [-0.39, 0.29) is 0 Å². The van der Waals surface area contributed by atoms with Crippen LogP contribution in [0.15, 0.2) is 29.9 Å². The Hall–Kier alpha value is -1.42. The summed E-state index contributed by atoms with van der Waals surface area (Å²) in [6.45, 7) is 7.94. The first-order valence-corrected chi connectivity index (χ1v) is 6.37. The van der Waals surface area contributed by atoms with Gasteiger partial charge in [-0.15, -0.1) is 6.58 Å². The molecule has 1 aromatic heterocycles. The van der Waals surface area contributed by atoms with Crippen LogP contribution in [0.4, 0.5) is 0 Å². The highest BCUT2D eigenvalue weighted by molar-refractivity contribution is 6.30. The molecule has 0 amide bonds. The van der Waals surface area contributed by atoms with Crippen molar-refractivity contribution in [1.82, 2.24) is 14.8 Å². The van der Waals surface area contributed by atoms with Crippen LogP contribution in [-0.4, -0.2) is 35.6 Å². The second-order valence-electron chi connectivity index (χ2n) is 4.10. The van der Waals surface area contributed by atoms with Gasteiger partial charge in [0.2, 0.25) is 0 Å². The molecule has 0 aliphatic rings. The Bertz CT molecular complexity index is 423. The molecule has 100 valence electrons. The maximum absolute atomic E-state index is 5.97. The van der Waals surface area contributed by atoms with Gasteiger partial charge in [-0.05, 0) is 13.0 Å². The summed E-state index contributed by atoms with van der Waals surface area (Å²) >= 11 is 5.97. The smallest absolute Gasteiger partial charge is 0.194 e. The van der Waals surface area contributed by atoms with Gasteiger partial charge in [0.1, 0.15) is 0 Å². The van der Waals surface area contributed by atoms with Gasteiger partial charge in [0, 0.05) is 32.5 Å². The summed E-state index contributed by atoms with van der Waals surface area (Å²) in [4.78, 5) is 6.50. The SMILES string of the molecule is C=CCN=C(NCC)N(C)Cc1cc(Cl)cn1C. The van der Waals surface area contributed by atoms with E-state index >= 15 is 0 Å². The highest BCUT2D eigenvalue weighted by Crippen LogP contribution is 2.14. The number of hydrogen-bond donors (Lipinski definition) is 1. The normalized spacial score (nSPS) is 11.4. The van der Waals surface area contributed by atoms with Crippen LogP contribution >= 0.6 is 11.6 Å². The van der Waals surface area contributed by atoms with Gasteiger partial charge in [0.15, 0.2) is 5.96 Å². The van der Waals surface area contributed by atoms with E-state index in [1.807, 2.05) is 30.9 Å². The van der Waals surface area contributed by atoms with Gasteiger partial charge in [0.05, 0.1) is 18.1 Å². The fourth-order valence-electron chi connectivity index (χ4n) is 1.66. The molecule has 0 spiro atoms. The molecule has 1 N–H and O–H groups in total. The van der Waals surface area contributed by atoms with Gasteiger partial charge in [0.25, 0.3) is 0 Å². The molecular formula is C13H21ClN4. The largest absolute Gasteiger partial charge is 0.357 e. The Balaban J connectivity index is 2.74. The summed E-state index contributed by atoms with van der Waals surface area (Å²) in [6, 6.07) is 1.97. The van der Waals surface area contributed by atoms with Crippen LogP contribution in [0.3, 0.4) is 0 Å². The fraction of sp³-hybridized carbons (Fsp3) is 0.462. The summed E-state index contributed by atoms with van der Waals surface area (Å²) in [5, 5.41) is 4.01. The lowest BCUT2D eigenvalue weighted by Gasteiger charge is -2.22. The molecule has 1 heterocycles. The van der Waals surface area contributed by atoms with Gasteiger partial charge in [-0.1, -0.05) is 17.7 Å². The molecule has 18 heavy (non-hydrogen) atoms. The van der Waals surface area contributed by atoms with E-state index < -0.39 is 0 Å². The molecular weight excluding hydrogens is 248 g/mol. The molecule has 0 aromatic carbocycles. The Morgan fingerprint density at radius 2 is 2.39 bits per heavy atom. The van der Waals surface area contributed by atoms with Crippen molar-refractivity contribution in [3.63, 3.8) is 0 Å². The summed E-state index contributed by atoms with van der Waals surface area (Å²) in [7, 11) is 3.99. The van der Waals surface area contributed by atoms with Crippen molar-refractivity contribution in [2.75, 3.05) is 20.1 Å². The summed E-state index contributed by atoms with van der Waals surface area (Å²) in [5.74, 6) is 0.870. The summed E-state index contributed by atoms with van der Waals surface area (Å²) < 4.78 is 2.02. The van der Waals surface area contributed by atoms with Crippen LogP contribution in [0.1, 0.15) is 12.6 Å². The molecule has 0 bridgehead atoms. The maximum atomic E-state index is 5.97. The van der Waals surface area contributed by atoms with Crippen molar-refractivity contribution in [2.24, 2.45) is 12.0 Å². The van der Waals surface area contributed by atoms with Gasteiger partial charge < -0.3 is 14.8 Å². The third-order valence-electron chi connectivity index (χ3n) is 2.54. The van der Waals surface area contributed by atoms with E-state index in [9.17, 15) is 0 Å². The monoisotopic (exact) mass is 268 g/mol. The van der Waals surface area contributed by atoms with E-state index in [0.717, 1.165) is 29.8 Å². The zero-order chi connectivity index (χ0) is 13.5. The number of aryl methyl sites for hydroxylation is 1. The lowest BCUT2D eigenvalue weighted by atomic mass is 10.4. The Kier molecular flexibility index (Phi) is 5.78. The molecule has 1 aromatic rings. The average Bonchev–Trinajstić information content (AvgIpc) is 2.63. The van der Waals surface area contributed by atoms with Crippen LogP contribution in [0.25, 0.3) is 0 Å². The van der Waals surface area contributed by atoms with E-state index in [2.05, 4.69) is 28.7 Å². The lowest BCUT2D eigenvalue weighted by Crippen LogP contribution is -2.38. The van der Waals surface area contributed by atoms with Gasteiger partial charge in [-0.3, -0.25) is 0 Å². The maximum Gasteiger partial charge on any atom is 0.194 e. The number of guanidine groups is 1. The van der Waals surface area contributed by atoms with Crippen molar-refractivity contribution in [3.8, 4) is 0 Å². The second-order valence-corrected chi connectivity index (χ2v) is 4.54. The van der Waals surface area contributed by atoms with Crippen molar-refractivity contribution >= 4 is 17.6 Å². The number of hydrogen-bond acceptors (Lipinski definition) is 1. The van der Waals surface area contributed by atoms with Crippen molar-refractivity contribution in [2.45, 2.75) is 13.5 Å². The number of halogens is 1. The fourth-order valence-corrected chi connectivity index (χ4v) is 1.93. The quantitative estimate of drug-likeness (QED) is 0.505. The summed E-state index contributed by atoms with van der Waals surface area (Å²) in [6.07, 6.45) is 3.68. The number of rotatable bonds is 5. The highest BCUT2D eigenvalue weighted by Gasteiger charge is 2.09.